The maximum absolute atomic E-state index is 13.7. The number of aromatic nitrogens is 1. The summed E-state index contributed by atoms with van der Waals surface area (Å²) in [6.07, 6.45) is 2.93. The van der Waals surface area contributed by atoms with Crippen molar-refractivity contribution in [3.8, 4) is 0 Å². The summed E-state index contributed by atoms with van der Waals surface area (Å²) in [6, 6.07) is 7.74. The van der Waals surface area contributed by atoms with Crippen molar-refractivity contribution in [2.45, 2.75) is 13.5 Å². The van der Waals surface area contributed by atoms with Crippen LogP contribution in [0.1, 0.15) is 18.1 Å². The van der Waals surface area contributed by atoms with Gasteiger partial charge in [-0.1, -0.05) is 24.3 Å². The second-order valence-corrected chi connectivity index (χ2v) is 5.54. The molecule has 0 aliphatic carbocycles. The molecule has 1 aromatic heterocycles. The average molecular weight is 401 g/mol. The molecular weight excluding hydrogens is 387 g/mol. The highest BCUT2D eigenvalue weighted by atomic mass is 127. The van der Waals surface area contributed by atoms with E-state index in [0.717, 1.165) is 9.78 Å². The molecule has 0 spiro atoms. The van der Waals surface area contributed by atoms with E-state index >= 15 is 0 Å². The van der Waals surface area contributed by atoms with E-state index in [9.17, 15) is 8.78 Å². The van der Waals surface area contributed by atoms with Gasteiger partial charge in [0.25, 0.3) is 0 Å². The first-order chi connectivity index (χ1) is 10.0. The quantitative estimate of drug-likeness (QED) is 0.478. The van der Waals surface area contributed by atoms with Crippen LogP contribution in [-0.2, 0) is 6.54 Å². The Hall–Kier alpha value is -1.54. The zero-order valence-electron chi connectivity index (χ0n) is 11.4. The molecule has 0 bridgehead atoms. The standard InChI is InChI=1S/C15H14F2IN3/c1-2-14(18)12-7-11(16)8-20-15(12)21(19)9-10-5-3-4-6-13(10)17/h2-8H,9,19H2,1H3/b14-2+. The van der Waals surface area contributed by atoms with Gasteiger partial charge in [-0.15, -0.1) is 0 Å². The lowest BCUT2D eigenvalue weighted by Crippen LogP contribution is -2.32. The fourth-order valence-electron chi connectivity index (χ4n) is 1.88. The van der Waals surface area contributed by atoms with E-state index in [0.29, 0.717) is 16.9 Å². The van der Waals surface area contributed by atoms with Crippen molar-refractivity contribution in [3.63, 3.8) is 0 Å². The molecule has 0 fully saturated rings. The highest BCUT2D eigenvalue weighted by Crippen LogP contribution is 2.30. The molecule has 1 heterocycles. The first-order valence-corrected chi connectivity index (χ1v) is 7.34. The topological polar surface area (TPSA) is 42.2 Å². The molecule has 21 heavy (non-hydrogen) atoms. The van der Waals surface area contributed by atoms with Gasteiger partial charge in [-0.05, 0) is 41.6 Å². The van der Waals surface area contributed by atoms with Crippen molar-refractivity contribution in [3.05, 3.63) is 65.4 Å². The molecule has 2 aromatic rings. The summed E-state index contributed by atoms with van der Waals surface area (Å²) in [7, 11) is 0. The van der Waals surface area contributed by atoms with Gasteiger partial charge in [-0.2, -0.15) is 0 Å². The van der Waals surface area contributed by atoms with E-state index < -0.39 is 5.82 Å². The minimum atomic E-state index is -0.441. The number of anilines is 1. The number of pyridine rings is 1. The smallest absolute Gasteiger partial charge is 0.151 e. The molecule has 3 nitrogen and oxygen atoms in total. The summed E-state index contributed by atoms with van der Waals surface area (Å²) in [5.41, 5.74) is 1.03. The van der Waals surface area contributed by atoms with Crippen molar-refractivity contribution < 1.29 is 8.78 Å². The van der Waals surface area contributed by atoms with Gasteiger partial charge in [0.15, 0.2) is 5.82 Å². The number of hydrazine groups is 1. The van der Waals surface area contributed by atoms with Crippen molar-refractivity contribution in [2.75, 3.05) is 5.01 Å². The Morgan fingerprint density at radius 2 is 2.10 bits per heavy atom. The Morgan fingerprint density at radius 3 is 2.76 bits per heavy atom. The Labute approximate surface area is 135 Å². The molecular formula is C15H14F2IN3. The lowest BCUT2D eigenvalue weighted by atomic mass is 10.2. The van der Waals surface area contributed by atoms with Crippen molar-refractivity contribution in [1.29, 1.82) is 0 Å². The Morgan fingerprint density at radius 1 is 1.38 bits per heavy atom. The van der Waals surface area contributed by atoms with E-state index in [1.54, 1.807) is 18.2 Å². The normalized spacial score (nSPS) is 11.6. The molecule has 110 valence electrons. The third-order valence-electron chi connectivity index (χ3n) is 2.91. The molecule has 0 amide bonds. The number of nitrogens with zero attached hydrogens (tertiary/aromatic N) is 2. The van der Waals surface area contributed by atoms with Crippen LogP contribution in [0, 0.1) is 11.6 Å². The van der Waals surface area contributed by atoms with E-state index in [-0.39, 0.29) is 12.4 Å². The molecule has 0 atom stereocenters. The molecule has 0 aliphatic rings. The van der Waals surface area contributed by atoms with Crippen LogP contribution in [0.5, 0.6) is 0 Å². The van der Waals surface area contributed by atoms with Crippen LogP contribution < -0.4 is 10.9 Å². The van der Waals surface area contributed by atoms with Crippen LogP contribution in [0.25, 0.3) is 3.58 Å². The van der Waals surface area contributed by atoms with Gasteiger partial charge >= 0.3 is 0 Å². The second kappa shape index (κ2) is 6.95. The largest absolute Gasteiger partial charge is 0.290 e. The van der Waals surface area contributed by atoms with Gasteiger partial charge in [0.2, 0.25) is 0 Å². The first-order valence-electron chi connectivity index (χ1n) is 6.26. The van der Waals surface area contributed by atoms with Crippen LogP contribution in [0.4, 0.5) is 14.6 Å². The van der Waals surface area contributed by atoms with Crippen molar-refractivity contribution >= 4 is 32.0 Å². The first kappa shape index (κ1) is 15.8. The van der Waals surface area contributed by atoms with E-state index in [2.05, 4.69) is 27.6 Å². The fourth-order valence-corrected chi connectivity index (χ4v) is 2.27. The SMILES string of the molecule is C/C=C(/I)c1cc(F)cnc1N(N)Cc1ccccc1F. The second-order valence-electron chi connectivity index (χ2n) is 4.38. The molecule has 2 N–H and O–H groups in total. The maximum Gasteiger partial charge on any atom is 0.151 e. The maximum atomic E-state index is 13.7. The molecule has 0 saturated carbocycles. The van der Waals surface area contributed by atoms with Crippen LogP contribution in [0.15, 0.2) is 42.6 Å². The summed E-state index contributed by atoms with van der Waals surface area (Å²) in [5, 5.41) is 1.31. The zero-order chi connectivity index (χ0) is 15.4. The van der Waals surface area contributed by atoms with E-state index in [4.69, 9.17) is 5.84 Å². The van der Waals surface area contributed by atoms with Gasteiger partial charge in [0.1, 0.15) is 11.6 Å². The number of nitrogens with two attached hydrogens (primary N) is 1. The molecule has 1 aromatic carbocycles. The average Bonchev–Trinajstić information content (AvgIpc) is 2.48. The molecule has 0 radical (unpaired) electrons. The number of allylic oxidation sites excluding steroid dienone is 1. The predicted molar refractivity (Wildman–Crippen MR) is 88.6 cm³/mol. The lowest BCUT2D eigenvalue weighted by Gasteiger charge is -2.21. The summed E-state index contributed by atoms with van der Waals surface area (Å²) in [6.45, 7) is 1.99. The van der Waals surface area contributed by atoms with Gasteiger partial charge in [0.05, 0.1) is 12.7 Å². The van der Waals surface area contributed by atoms with Crippen LogP contribution in [0.3, 0.4) is 0 Å². The number of rotatable bonds is 4. The summed E-state index contributed by atoms with van der Waals surface area (Å²) in [5.74, 6) is 5.62. The summed E-state index contributed by atoms with van der Waals surface area (Å²) in [4.78, 5) is 4.03. The third-order valence-corrected chi connectivity index (χ3v) is 4.12. The van der Waals surface area contributed by atoms with Gasteiger partial charge < -0.3 is 0 Å². The fraction of sp³-hybridized carbons (Fsp3) is 0.133. The van der Waals surface area contributed by atoms with Crippen molar-refractivity contribution in [2.24, 2.45) is 5.84 Å². The highest BCUT2D eigenvalue weighted by molar-refractivity contribution is 14.1. The summed E-state index contributed by atoms with van der Waals surface area (Å²) >= 11 is 2.08. The monoisotopic (exact) mass is 401 g/mol. The highest BCUT2D eigenvalue weighted by Gasteiger charge is 2.14. The summed E-state index contributed by atoms with van der Waals surface area (Å²) < 4.78 is 27.9. The minimum absolute atomic E-state index is 0.145. The Balaban J connectivity index is 2.35. The predicted octanol–water partition coefficient (Wildman–Crippen LogP) is 4.04. The number of hydrogen-bond acceptors (Lipinski definition) is 3. The molecule has 0 saturated heterocycles. The third kappa shape index (κ3) is 3.76. The van der Waals surface area contributed by atoms with Crippen LogP contribution in [0.2, 0.25) is 0 Å². The van der Waals surface area contributed by atoms with Crippen LogP contribution in [-0.4, -0.2) is 4.98 Å². The Bertz CT molecular complexity index is 674. The van der Waals surface area contributed by atoms with Crippen LogP contribution >= 0.6 is 22.6 Å². The molecule has 0 aliphatic heterocycles. The number of halogens is 3. The van der Waals surface area contributed by atoms with Crippen molar-refractivity contribution in [1.82, 2.24) is 4.98 Å². The zero-order valence-corrected chi connectivity index (χ0v) is 13.5. The van der Waals surface area contributed by atoms with Gasteiger partial charge in [-0.3, -0.25) is 5.01 Å². The Kier molecular flexibility index (Phi) is 5.24. The van der Waals surface area contributed by atoms with Gasteiger partial charge in [0, 0.05) is 14.7 Å². The lowest BCUT2D eigenvalue weighted by molar-refractivity contribution is 0.603. The molecule has 6 heteroatoms. The van der Waals surface area contributed by atoms with E-state index in [1.807, 2.05) is 13.0 Å². The molecule has 0 unspecified atom stereocenters. The number of benzene rings is 1. The number of hydrogen-bond donors (Lipinski definition) is 1. The minimum Gasteiger partial charge on any atom is -0.290 e. The van der Waals surface area contributed by atoms with Gasteiger partial charge in [-0.25, -0.2) is 19.6 Å². The van der Waals surface area contributed by atoms with E-state index in [1.165, 1.54) is 17.1 Å². The molecule has 2 rings (SSSR count).